The molecule has 0 aliphatic rings. The van der Waals surface area contributed by atoms with E-state index in [1.807, 2.05) is 24.9 Å². The van der Waals surface area contributed by atoms with Crippen molar-refractivity contribution in [3.8, 4) is 0 Å². The molecule has 0 aliphatic carbocycles. The third-order valence-electron chi connectivity index (χ3n) is 2.32. The van der Waals surface area contributed by atoms with Crippen LogP contribution in [0.25, 0.3) is 0 Å². The van der Waals surface area contributed by atoms with E-state index in [1.165, 1.54) is 19.3 Å². The standard InChI is InChI=1S/C12H21N3S/c1-4-6-7-8-16-12-9-11(13-3)14-10(5-2)15-12/h9H,4-8H2,1-3H3,(H,13,14,15). The molecular formula is C12H21N3S. The fourth-order valence-corrected chi connectivity index (χ4v) is 2.28. The maximum Gasteiger partial charge on any atom is 0.131 e. The molecule has 1 aromatic rings. The average Bonchev–Trinajstić information content (AvgIpc) is 2.34. The summed E-state index contributed by atoms with van der Waals surface area (Å²) in [4.78, 5) is 8.89. The van der Waals surface area contributed by atoms with Gasteiger partial charge in [0.05, 0.1) is 0 Å². The van der Waals surface area contributed by atoms with Gasteiger partial charge in [-0.05, 0) is 12.2 Å². The highest BCUT2D eigenvalue weighted by molar-refractivity contribution is 7.99. The summed E-state index contributed by atoms with van der Waals surface area (Å²) >= 11 is 1.83. The number of unbranched alkanes of at least 4 members (excludes halogenated alkanes) is 2. The predicted octanol–water partition coefficient (Wildman–Crippen LogP) is 3.36. The van der Waals surface area contributed by atoms with Crippen molar-refractivity contribution in [1.29, 1.82) is 0 Å². The van der Waals surface area contributed by atoms with Crippen molar-refractivity contribution in [2.45, 2.75) is 44.6 Å². The van der Waals surface area contributed by atoms with Gasteiger partial charge in [0.2, 0.25) is 0 Å². The van der Waals surface area contributed by atoms with Gasteiger partial charge in [-0.3, -0.25) is 0 Å². The quantitative estimate of drug-likeness (QED) is 0.450. The average molecular weight is 239 g/mol. The first-order chi connectivity index (χ1) is 7.80. The molecule has 0 radical (unpaired) electrons. The normalized spacial score (nSPS) is 10.4. The lowest BCUT2D eigenvalue weighted by atomic mass is 10.3. The lowest BCUT2D eigenvalue weighted by molar-refractivity contribution is 0.777. The van der Waals surface area contributed by atoms with Crippen LogP contribution in [0.15, 0.2) is 11.1 Å². The summed E-state index contributed by atoms with van der Waals surface area (Å²) in [7, 11) is 1.90. The van der Waals surface area contributed by atoms with Crippen LogP contribution in [0.4, 0.5) is 5.82 Å². The summed E-state index contributed by atoms with van der Waals surface area (Å²) in [5, 5.41) is 4.17. The minimum atomic E-state index is 0.887. The Morgan fingerprint density at radius 1 is 1.25 bits per heavy atom. The number of aryl methyl sites for hydroxylation is 1. The molecule has 1 rings (SSSR count). The zero-order chi connectivity index (χ0) is 11.8. The van der Waals surface area contributed by atoms with Gasteiger partial charge < -0.3 is 5.32 Å². The number of thioether (sulfide) groups is 1. The summed E-state index contributed by atoms with van der Waals surface area (Å²) in [6.45, 7) is 4.31. The number of rotatable bonds is 7. The molecule has 1 heterocycles. The van der Waals surface area contributed by atoms with Gasteiger partial charge in [0.25, 0.3) is 0 Å². The van der Waals surface area contributed by atoms with E-state index < -0.39 is 0 Å². The van der Waals surface area contributed by atoms with Crippen molar-refractivity contribution in [2.75, 3.05) is 18.1 Å². The SMILES string of the molecule is CCCCCSc1cc(NC)nc(CC)n1. The smallest absolute Gasteiger partial charge is 0.131 e. The Hall–Kier alpha value is -0.770. The van der Waals surface area contributed by atoms with Crippen LogP contribution in [-0.2, 0) is 6.42 Å². The highest BCUT2D eigenvalue weighted by atomic mass is 32.2. The maximum atomic E-state index is 4.51. The van der Waals surface area contributed by atoms with E-state index in [1.54, 1.807) is 0 Å². The van der Waals surface area contributed by atoms with E-state index in [2.05, 4.69) is 29.1 Å². The van der Waals surface area contributed by atoms with Gasteiger partial charge in [-0.2, -0.15) is 0 Å². The topological polar surface area (TPSA) is 37.8 Å². The molecule has 0 atom stereocenters. The number of aromatic nitrogens is 2. The first-order valence-corrected chi connectivity index (χ1v) is 6.97. The molecule has 3 nitrogen and oxygen atoms in total. The molecule has 0 saturated heterocycles. The third kappa shape index (κ3) is 4.39. The molecular weight excluding hydrogens is 218 g/mol. The number of nitrogens with zero attached hydrogens (tertiary/aromatic N) is 2. The zero-order valence-electron chi connectivity index (χ0n) is 10.4. The fourth-order valence-electron chi connectivity index (χ4n) is 1.36. The zero-order valence-corrected chi connectivity index (χ0v) is 11.2. The Morgan fingerprint density at radius 3 is 2.69 bits per heavy atom. The number of nitrogens with one attached hydrogen (secondary N) is 1. The van der Waals surface area contributed by atoms with Crippen LogP contribution in [0.5, 0.6) is 0 Å². The Kier molecular flexibility index (Phi) is 6.23. The number of hydrogen-bond donors (Lipinski definition) is 1. The number of hydrogen-bond acceptors (Lipinski definition) is 4. The second-order valence-corrected chi connectivity index (χ2v) is 4.78. The first-order valence-electron chi connectivity index (χ1n) is 5.98. The monoisotopic (exact) mass is 239 g/mol. The van der Waals surface area contributed by atoms with Crippen LogP contribution in [0, 0.1) is 0 Å². The van der Waals surface area contributed by atoms with Gasteiger partial charge in [-0.15, -0.1) is 11.8 Å². The maximum absolute atomic E-state index is 4.51. The largest absolute Gasteiger partial charge is 0.373 e. The lowest BCUT2D eigenvalue weighted by Gasteiger charge is -2.06. The van der Waals surface area contributed by atoms with Gasteiger partial charge in [0, 0.05) is 19.5 Å². The van der Waals surface area contributed by atoms with E-state index >= 15 is 0 Å². The van der Waals surface area contributed by atoms with Crippen LogP contribution in [0.3, 0.4) is 0 Å². The van der Waals surface area contributed by atoms with Gasteiger partial charge >= 0.3 is 0 Å². The van der Waals surface area contributed by atoms with Crippen LogP contribution < -0.4 is 5.32 Å². The molecule has 0 unspecified atom stereocenters. The minimum Gasteiger partial charge on any atom is -0.373 e. The van der Waals surface area contributed by atoms with Gasteiger partial charge in [0.1, 0.15) is 16.7 Å². The van der Waals surface area contributed by atoms with Crippen molar-refractivity contribution >= 4 is 17.6 Å². The molecule has 1 N–H and O–H groups in total. The summed E-state index contributed by atoms with van der Waals surface area (Å²) < 4.78 is 0. The summed E-state index contributed by atoms with van der Waals surface area (Å²) in [5.74, 6) is 2.99. The van der Waals surface area contributed by atoms with E-state index in [0.717, 1.165) is 28.8 Å². The second-order valence-electron chi connectivity index (χ2n) is 3.67. The summed E-state index contributed by atoms with van der Waals surface area (Å²) in [6.07, 6.45) is 4.73. The molecule has 4 heteroatoms. The highest BCUT2D eigenvalue weighted by Gasteiger charge is 2.02. The molecule has 0 aliphatic heterocycles. The van der Waals surface area contributed by atoms with Crippen LogP contribution in [-0.4, -0.2) is 22.8 Å². The van der Waals surface area contributed by atoms with Crippen LogP contribution in [0.1, 0.15) is 38.9 Å². The molecule has 90 valence electrons. The molecule has 0 spiro atoms. The van der Waals surface area contributed by atoms with E-state index in [0.29, 0.717) is 0 Å². The molecule has 0 aromatic carbocycles. The van der Waals surface area contributed by atoms with Crippen LogP contribution >= 0.6 is 11.8 Å². The van der Waals surface area contributed by atoms with Gasteiger partial charge in [-0.25, -0.2) is 9.97 Å². The molecule has 0 amide bonds. The Balaban J connectivity index is 2.57. The van der Waals surface area contributed by atoms with Crippen molar-refractivity contribution in [3.05, 3.63) is 11.9 Å². The van der Waals surface area contributed by atoms with Crippen molar-refractivity contribution in [3.63, 3.8) is 0 Å². The molecule has 0 bridgehead atoms. The number of anilines is 1. The third-order valence-corrected chi connectivity index (χ3v) is 3.32. The Morgan fingerprint density at radius 2 is 2.06 bits per heavy atom. The van der Waals surface area contributed by atoms with E-state index in [-0.39, 0.29) is 0 Å². The van der Waals surface area contributed by atoms with Crippen molar-refractivity contribution in [1.82, 2.24) is 9.97 Å². The molecule has 1 aromatic heterocycles. The fraction of sp³-hybridized carbons (Fsp3) is 0.667. The van der Waals surface area contributed by atoms with Crippen molar-refractivity contribution in [2.24, 2.45) is 0 Å². The van der Waals surface area contributed by atoms with E-state index in [9.17, 15) is 0 Å². The predicted molar refractivity (Wildman–Crippen MR) is 71.2 cm³/mol. The molecule has 0 saturated carbocycles. The molecule has 16 heavy (non-hydrogen) atoms. The van der Waals surface area contributed by atoms with E-state index in [4.69, 9.17) is 0 Å². The first kappa shape index (κ1) is 13.3. The van der Waals surface area contributed by atoms with Crippen molar-refractivity contribution < 1.29 is 0 Å². The lowest BCUT2D eigenvalue weighted by Crippen LogP contribution is -2.00. The van der Waals surface area contributed by atoms with Crippen LogP contribution in [0.2, 0.25) is 0 Å². The van der Waals surface area contributed by atoms with Gasteiger partial charge in [-0.1, -0.05) is 26.7 Å². The summed E-state index contributed by atoms with van der Waals surface area (Å²) in [6, 6.07) is 2.02. The molecule has 0 fully saturated rings. The minimum absolute atomic E-state index is 0.887. The Labute approximate surface area is 102 Å². The highest BCUT2D eigenvalue weighted by Crippen LogP contribution is 2.20. The Bertz CT molecular complexity index is 293. The van der Waals surface area contributed by atoms with Gasteiger partial charge in [0.15, 0.2) is 0 Å². The summed E-state index contributed by atoms with van der Waals surface area (Å²) in [5.41, 5.74) is 0. The second kappa shape index (κ2) is 7.49.